The molecular formula is C10H14ClN3O. The second kappa shape index (κ2) is 4.33. The molecule has 1 aromatic heterocycles. The smallest absolute Gasteiger partial charge is 0.137 e. The van der Waals surface area contributed by atoms with Gasteiger partial charge in [-0.25, -0.2) is 9.97 Å². The Balaban J connectivity index is 2.24. The first-order chi connectivity index (χ1) is 7.18. The highest BCUT2D eigenvalue weighted by atomic mass is 35.5. The second-order valence-corrected chi connectivity index (χ2v) is 4.10. The summed E-state index contributed by atoms with van der Waals surface area (Å²) in [5.74, 6) is 0.921. The van der Waals surface area contributed by atoms with Crippen LogP contribution in [0.3, 0.4) is 0 Å². The maximum atomic E-state index is 5.96. The van der Waals surface area contributed by atoms with Gasteiger partial charge in [0, 0.05) is 18.7 Å². The van der Waals surface area contributed by atoms with E-state index in [0.717, 1.165) is 31.1 Å². The van der Waals surface area contributed by atoms with Crippen molar-refractivity contribution in [3.05, 3.63) is 17.0 Å². The molecule has 1 aliphatic heterocycles. The molecule has 2 rings (SSSR count). The van der Waals surface area contributed by atoms with Crippen LogP contribution in [0.4, 0.5) is 5.82 Å². The summed E-state index contributed by atoms with van der Waals surface area (Å²) in [6.07, 6.45) is 1.75. The van der Waals surface area contributed by atoms with Crippen LogP contribution in [0.1, 0.15) is 12.5 Å². The van der Waals surface area contributed by atoms with Crippen LogP contribution in [0.15, 0.2) is 6.33 Å². The molecule has 5 heteroatoms. The van der Waals surface area contributed by atoms with Crippen molar-refractivity contribution in [2.45, 2.75) is 20.0 Å². The van der Waals surface area contributed by atoms with Crippen LogP contribution < -0.4 is 4.90 Å². The van der Waals surface area contributed by atoms with E-state index in [0.29, 0.717) is 5.15 Å². The Kier molecular flexibility index (Phi) is 3.07. The molecule has 4 nitrogen and oxygen atoms in total. The summed E-state index contributed by atoms with van der Waals surface area (Å²) in [5.41, 5.74) is 0.938. The summed E-state index contributed by atoms with van der Waals surface area (Å²) < 4.78 is 5.48. The van der Waals surface area contributed by atoms with Crippen LogP contribution in [0.25, 0.3) is 0 Å². The van der Waals surface area contributed by atoms with Gasteiger partial charge in [-0.3, -0.25) is 0 Å². The lowest BCUT2D eigenvalue weighted by Gasteiger charge is -2.32. The van der Waals surface area contributed by atoms with Crippen molar-refractivity contribution < 1.29 is 4.74 Å². The van der Waals surface area contributed by atoms with E-state index in [9.17, 15) is 0 Å². The van der Waals surface area contributed by atoms with E-state index in [1.165, 1.54) is 6.33 Å². The Morgan fingerprint density at radius 1 is 1.53 bits per heavy atom. The van der Waals surface area contributed by atoms with Gasteiger partial charge in [0.1, 0.15) is 17.3 Å². The number of aromatic nitrogens is 2. The van der Waals surface area contributed by atoms with Gasteiger partial charge < -0.3 is 9.64 Å². The van der Waals surface area contributed by atoms with Gasteiger partial charge in [-0.05, 0) is 13.8 Å². The predicted octanol–water partition coefficient (Wildman–Crippen LogP) is 1.66. The Morgan fingerprint density at radius 3 is 3.07 bits per heavy atom. The molecule has 15 heavy (non-hydrogen) atoms. The number of morpholine rings is 1. The molecule has 1 aromatic rings. The first kappa shape index (κ1) is 10.6. The molecule has 0 radical (unpaired) electrons. The molecule has 0 N–H and O–H groups in total. The zero-order valence-electron chi connectivity index (χ0n) is 8.90. The maximum absolute atomic E-state index is 5.96. The van der Waals surface area contributed by atoms with Gasteiger partial charge in [0.05, 0.1) is 12.7 Å². The Hall–Kier alpha value is -0.870. The molecule has 0 bridgehead atoms. The molecule has 0 amide bonds. The van der Waals surface area contributed by atoms with Gasteiger partial charge >= 0.3 is 0 Å². The lowest BCUT2D eigenvalue weighted by Crippen LogP contribution is -2.41. The minimum absolute atomic E-state index is 0.242. The molecule has 82 valence electrons. The molecule has 0 spiro atoms. The zero-order chi connectivity index (χ0) is 10.8. The van der Waals surface area contributed by atoms with E-state index in [-0.39, 0.29) is 6.10 Å². The fourth-order valence-electron chi connectivity index (χ4n) is 1.75. The van der Waals surface area contributed by atoms with E-state index >= 15 is 0 Å². The van der Waals surface area contributed by atoms with Crippen LogP contribution in [0.2, 0.25) is 5.15 Å². The topological polar surface area (TPSA) is 38.2 Å². The van der Waals surface area contributed by atoms with E-state index in [1.807, 2.05) is 6.92 Å². The van der Waals surface area contributed by atoms with Crippen molar-refractivity contribution in [3.63, 3.8) is 0 Å². The summed E-state index contributed by atoms with van der Waals surface area (Å²) in [5, 5.41) is 0.527. The average molecular weight is 228 g/mol. The third-order valence-electron chi connectivity index (χ3n) is 2.54. The molecule has 1 unspecified atom stereocenters. The van der Waals surface area contributed by atoms with Crippen molar-refractivity contribution in [3.8, 4) is 0 Å². The van der Waals surface area contributed by atoms with Crippen LogP contribution in [0, 0.1) is 6.92 Å². The largest absolute Gasteiger partial charge is 0.375 e. The third kappa shape index (κ3) is 2.21. The number of ether oxygens (including phenoxy) is 1. The molecule has 1 saturated heterocycles. The van der Waals surface area contributed by atoms with Crippen molar-refractivity contribution in [2.75, 3.05) is 24.6 Å². The number of halogens is 1. The first-order valence-electron chi connectivity index (χ1n) is 5.02. The number of anilines is 1. The summed E-state index contributed by atoms with van der Waals surface area (Å²) in [6.45, 7) is 6.46. The van der Waals surface area contributed by atoms with Gasteiger partial charge in [0.25, 0.3) is 0 Å². The molecule has 1 atom stereocenters. The molecule has 1 aliphatic rings. The Labute approximate surface area is 94.2 Å². The van der Waals surface area contributed by atoms with Gasteiger partial charge in [-0.2, -0.15) is 0 Å². The average Bonchev–Trinajstić information content (AvgIpc) is 2.22. The highest BCUT2D eigenvalue weighted by molar-refractivity contribution is 6.30. The van der Waals surface area contributed by atoms with E-state index in [1.54, 1.807) is 0 Å². The van der Waals surface area contributed by atoms with Crippen molar-refractivity contribution >= 4 is 17.4 Å². The molecule has 0 aromatic carbocycles. The van der Waals surface area contributed by atoms with Crippen molar-refractivity contribution in [1.29, 1.82) is 0 Å². The lowest BCUT2D eigenvalue weighted by atomic mass is 10.2. The Morgan fingerprint density at radius 2 is 2.33 bits per heavy atom. The quantitative estimate of drug-likeness (QED) is 0.684. The SMILES string of the molecule is Cc1c(Cl)ncnc1N1CCOC(C)C1. The highest BCUT2D eigenvalue weighted by Crippen LogP contribution is 2.23. The van der Waals surface area contributed by atoms with Crippen LogP contribution in [-0.4, -0.2) is 35.8 Å². The Bertz CT molecular complexity index is 359. The molecule has 0 saturated carbocycles. The summed E-state index contributed by atoms with van der Waals surface area (Å²) in [7, 11) is 0. The fourth-order valence-corrected chi connectivity index (χ4v) is 1.88. The van der Waals surface area contributed by atoms with Crippen molar-refractivity contribution in [2.24, 2.45) is 0 Å². The molecular weight excluding hydrogens is 214 g/mol. The van der Waals surface area contributed by atoms with E-state index < -0.39 is 0 Å². The standard InChI is InChI=1S/C10H14ClN3O/c1-7-5-14(3-4-15-7)10-8(2)9(11)12-6-13-10/h6-7H,3-5H2,1-2H3. The normalized spacial score (nSPS) is 21.8. The first-order valence-corrected chi connectivity index (χ1v) is 5.40. The van der Waals surface area contributed by atoms with Crippen LogP contribution in [-0.2, 0) is 4.74 Å². The van der Waals surface area contributed by atoms with Gasteiger partial charge in [0.2, 0.25) is 0 Å². The maximum Gasteiger partial charge on any atom is 0.137 e. The highest BCUT2D eigenvalue weighted by Gasteiger charge is 2.20. The van der Waals surface area contributed by atoms with Crippen molar-refractivity contribution in [1.82, 2.24) is 9.97 Å². The molecule has 2 heterocycles. The third-order valence-corrected chi connectivity index (χ3v) is 2.92. The van der Waals surface area contributed by atoms with Gasteiger partial charge in [-0.1, -0.05) is 11.6 Å². The zero-order valence-corrected chi connectivity index (χ0v) is 9.66. The van der Waals surface area contributed by atoms with Gasteiger partial charge in [0.15, 0.2) is 0 Å². The van der Waals surface area contributed by atoms with E-state index in [4.69, 9.17) is 16.3 Å². The van der Waals surface area contributed by atoms with Crippen LogP contribution in [0.5, 0.6) is 0 Å². The van der Waals surface area contributed by atoms with Gasteiger partial charge in [-0.15, -0.1) is 0 Å². The summed E-state index contributed by atoms with van der Waals surface area (Å²) in [6, 6.07) is 0. The summed E-state index contributed by atoms with van der Waals surface area (Å²) >= 11 is 5.96. The second-order valence-electron chi connectivity index (χ2n) is 3.74. The molecule has 0 aliphatic carbocycles. The fraction of sp³-hybridized carbons (Fsp3) is 0.600. The minimum atomic E-state index is 0.242. The van der Waals surface area contributed by atoms with E-state index in [2.05, 4.69) is 21.8 Å². The molecule has 1 fully saturated rings. The number of rotatable bonds is 1. The number of hydrogen-bond acceptors (Lipinski definition) is 4. The van der Waals surface area contributed by atoms with Crippen LogP contribution >= 0.6 is 11.6 Å². The predicted molar refractivity (Wildman–Crippen MR) is 59.4 cm³/mol. The monoisotopic (exact) mass is 227 g/mol. The summed E-state index contributed by atoms with van der Waals surface area (Å²) in [4.78, 5) is 10.4. The number of hydrogen-bond donors (Lipinski definition) is 0. The lowest BCUT2D eigenvalue weighted by molar-refractivity contribution is 0.0529. The number of nitrogens with zero attached hydrogens (tertiary/aromatic N) is 3. The minimum Gasteiger partial charge on any atom is -0.375 e.